The Balaban J connectivity index is 2.10. The van der Waals surface area contributed by atoms with E-state index in [1.165, 1.54) is 9.77 Å². The minimum atomic E-state index is 0.381. The summed E-state index contributed by atoms with van der Waals surface area (Å²) < 4.78 is 11.6. The number of hydrogen-bond donors (Lipinski definition) is 0. The van der Waals surface area contributed by atoms with Crippen molar-refractivity contribution >= 4 is 23.1 Å². The third kappa shape index (κ3) is 4.23. The lowest BCUT2D eigenvalue weighted by Gasteiger charge is -2.16. The molecule has 5 heteroatoms. The second-order valence-corrected chi connectivity index (χ2v) is 6.37. The van der Waals surface area contributed by atoms with Crippen molar-refractivity contribution < 1.29 is 9.47 Å². The van der Waals surface area contributed by atoms with Crippen LogP contribution in [0.4, 0.5) is 0 Å². The van der Waals surface area contributed by atoms with Crippen LogP contribution in [-0.4, -0.2) is 25.8 Å². The van der Waals surface area contributed by atoms with Crippen molar-refractivity contribution in [3.8, 4) is 5.75 Å². The van der Waals surface area contributed by atoms with E-state index in [0.29, 0.717) is 5.25 Å². The van der Waals surface area contributed by atoms with E-state index in [1.807, 2.05) is 35.6 Å². The highest BCUT2D eigenvalue weighted by atomic mass is 32.2. The molecule has 1 heterocycles. The van der Waals surface area contributed by atoms with Gasteiger partial charge < -0.3 is 9.47 Å². The van der Waals surface area contributed by atoms with Crippen molar-refractivity contribution in [1.29, 1.82) is 0 Å². The van der Waals surface area contributed by atoms with Crippen LogP contribution in [0.25, 0.3) is 0 Å². The van der Waals surface area contributed by atoms with Crippen molar-refractivity contribution in [2.75, 3.05) is 20.8 Å². The summed E-state index contributed by atoms with van der Waals surface area (Å²) in [5, 5.41) is 0.381. The summed E-state index contributed by atoms with van der Waals surface area (Å²) in [5.74, 6) is 0.886. The minimum absolute atomic E-state index is 0.381. The number of aromatic nitrogens is 1. The standard InChI is InChI=1S/C14H17NO2S2/c1-16-8-7-13(19-14-9-15-10-18-14)11-3-5-12(17-2)6-4-11/h3-6,9-10,13H,7-8H2,1-2H3. The Morgan fingerprint density at radius 3 is 2.63 bits per heavy atom. The monoisotopic (exact) mass is 295 g/mol. The zero-order chi connectivity index (χ0) is 13.5. The fraction of sp³-hybridized carbons (Fsp3) is 0.357. The summed E-state index contributed by atoms with van der Waals surface area (Å²) in [6, 6.07) is 8.24. The summed E-state index contributed by atoms with van der Waals surface area (Å²) in [7, 11) is 3.42. The van der Waals surface area contributed by atoms with E-state index in [-0.39, 0.29) is 0 Å². The topological polar surface area (TPSA) is 31.4 Å². The second-order valence-electron chi connectivity index (χ2n) is 3.98. The third-order valence-electron chi connectivity index (χ3n) is 2.74. The SMILES string of the molecule is COCCC(Sc1cncs1)c1ccc(OC)cc1. The van der Waals surface area contributed by atoms with Gasteiger partial charge in [0.2, 0.25) is 0 Å². The summed E-state index contributed by atoms with van der Waals surface area (Å²) in [4.78, 5) is 4.12. The van der Waals surface area contributed by atoms with Crippen molar-refractivity contribution in [3.63, 3.8) is 0 Å². The summed E-state index contributed by atoms with van der Waals surface area (Å²) in [6.07, 6.45) is 2.89. The molecule has 0 bridgehead atoms. The molecule has 1 unspecified atom stereocenters. The molecule has 0 spiro atoms. The molecule has 102 valence electrons. The Bertz CT molecular complexity index is 471. The molecule has 0 aliphatic heterocycles. The highest BCUT2D eigenvalue weighted by molar-refractivity contribution is 8.01. The predicted octanol–water partition coefficient (Wildman–Crippen LogP) is 4.02. The van der Waals surface area contributed by atoms with E-state index < -0.39 is 0 Å². The van der Waals surface area contributed by atoms with Crippen molar-refractivity contribution in [2.24, 2.45) is 0 Å². The zero-order valence-corrected chi connectivity index (χ0v) is 12.7. The van der Waals surface area contributed by atoms with Gasteiger partial charge in [-0.2, -0.15) is 0 Å². The molecule has 1 aromatic carbocycles. The lowest BCUT2D eigenvalue weighted by atomic mass is 10.1. The minimum Gasteiger partial charge on any atom is -0.497 e. The number of benzene rings is 1. The molecule has 1 atom stereocenters. The van der Waals surface area contributed by atoms with E-state index in [2.05, 4.69) is 17.1 Å². The van der Waals surface area contributed by atoms with Gasteiger partial charge in [0.25, 0.3) is 0 Å². The van der Waals surface area contributed by atoms with Gasteiger partial charge in [-0.05, 0) is 24.1 Å². The first-order valence-corrected chi connectivity index (χ1v) is 7.77. The Kier molecular flexibility index (Phi) is 5.69. The highest BCUT2D eigenvalue weighted by Gasteiger charge is 2.14. The van der Waals surface area contributed by atoms with Crippen LogP contribution in [0.15, 0.2) is 40.2 Å². The lowest BCUT2D eigenvalue weighted by Crippen LogP contribution is -1.99. The van der Waals surface area contributed by atoms with E-state index in [4.69, 9.17) is 9.47 Å². The molecule has 0 saturated heterocycles. The molecule has 2 rings (SSSR count). The molecule has 3 nitrogen and oxygen atoms in total. The van der Waals surface area contributed by atoms with Crippen LogP contribution >= 0.6 is 23.1 Å². The van der Waals surface area contributed by atoms with Gasteiger partial charge in [0.05, 0.1) is 23.0 Å². The molecule has 0 radical (unpaired) electrons. The quantitative estimate of drug-likeness (QED) is 0.722. The molecule has 0 fully saturated rings. The van der Waals surface area contributed by atoms with Crippen LogP contribution in [0.2, 0.25) is 0 Å². The van der Waals surface area contributed by atoms with Gasteiger partial charge in [-0.1, -0.05) is 12.1 Å². The van der Waals surface area contributed by atoms with Crippen LogP contribution in [0.5, 0.6) is 5.75 Å². The van der Waals surface area contributed by atoms with E-state index in [1.54, 1.807) is 25.6 Å². The smallest absolute Gasteiger partial charge is 0.118 e. The van der Waals surface area contributed by atoms with Crippen LogP contribution in [0.3, 0.4) is 0 Å². The Morgan fingerprint density at radius 1 is 1.26 bits per heavy atom. The maximum atomic E-state index is 5.21. The Hall–Kier alpha value is -1.04. The third-order valence-corrected chi connectivity index (χ3v) is 5.01. The fourth-order valence-corrected chi connectivity index (χ4v) is 3.70. The lowest BCUT2D eigenvalue weighted by molar-refractivity contribution is 0.194. The molecule has 2 aromatic rings. The number of hydrogen-bond acceptors (Lipinski definition) is 5. The van der Waals surface area contributed by atoms with Crippen molar-refractivity contribution in [1.82, 2.24) is 4.98 Å². The van der Waals surface area contributed by atoms with E-state index in [9.17, 15) is 0 Å². The van der Waals surface area contributed by atoms with Gasteiger partial charge in [-0.15, -0.1) is 23.1 Å². The molecule has 0 amide bonds. The van der Waals surface area contributed by atoms with Gasteiger partial charge in [0.15, 0.2) is 0 Å². The number of thioether (sulfide) groups is 1. The first kappa shape index (κ1) is 14.4. The zero-order valence-electron chi connectivity index (χ0n) is 11.0. The largest absolute Gasteiger partial charge is 0.497 e. The normalized spacial score (nSPS) is 12.3. The fourth-order valence-electron chi connectivity index (χ4n) is 1.74. The van der Waals surface area contributed by atoms with Gasteiger partial charge in [0, 0.05) is 19.0 Å². The van der Waals surface area contributed by atoms with Crippen LogP contribution in [-0.2, 0) is 4.74 Å². The Labute approximate surface area is 122 Å². The average Bonchev–Trinajstić information content (AvgIpc) is 2.96. The average molecular weight is 295 g/mol. The second kappa shape index (κ2) is 7.53. The number of thiazole rings is 1. The highest BCUT2D eigenvalue weighted by Crippen LogP contribution is 2.39. The summed E-state index contributed by atoms with van der Waals surface area (Å²) >= 11 is 3.51. The maximum Gasteiger partial charge on any atom is 0.118 e. The summed E-state index contributed by atoms with van der Waals surface area (Å²) in [6.45, 7) is 0.752. The Morgan fingerprint density at radius 2 is 2.05 bits per heavy atom. The molecule has 0 aliphatic carbocycles. The van der Waals surface area contributed by atoms with E-state index >= 15 is 0 Å². The van der Waals surface area contributed by atoms with Crippen LogP contribution < -0.4 is 4.74 Å². The molecule has 0 aliphatic rings. The van der Waals surface area contributed by atoms with Gasteiger partial charge in [0.1, 0.15) is 5.75 Å². The van der Waals surface area contributed by atoms with Gasteiger partial charge in [-0.25, -0.2) is 0 Å². The molecular formula is C14H17NO2S2. The molecule has 1 aromatic heterocycles. The molecule has 19 heavy (non-hydrogen) atoms. The molecule has 0 N–H and O–H groups in total. The first-order chi connectivity index (χ1) is 9.33. The van der Waals surface area contributed by atoms with Crippen molar-refractivity contribution in [2.45, 2.75) is 15.9 Å². The summed E-state index contributed by atoms with van der Waals surface area (Å²) in [5.41, 5.74) is 3.15. The van der Waals surface area contributed by atoms with Gasteiger partial charge >= 0.3 is 0 Å². The molecular weight excluding hydrogens is 278 g/mol. The van der Waals surface area contributed by atoms with Gasteiger partial charge in [-0.3, -0.25) is 4.98 Å². The molecule has 0 saturated carbocycles. The van der Waals surface area contributed by atoms with Crippen LogP contribution in [0.1, 0.15) is 17.2 Å². The van der Waals surface area contributed by atoms with Crippen molar-refractivity contribution in [3.05, 3.63) is 41.5 Å². The first-order valence-electron chi connectivity index (χ1n) is 6.01. The number of nitrogens with zero attached hydrogens (tertiary/aromatic N) is 1. The number of rotatable bonds is 7. The predicted molar refractivity (Wildman–Crippen MR) is 80.2 cm³/mol. The number of methoxy groups -OCH3 is 2. The maximum absolute atomic E-state index is 5.21. The number of ether oxygens (including phenoxy) is 2. The van der Waals surface area contributed by atoms with Crippen LogP contribution in [0, 0.1) is 0 Å². The van der Waals surface area contributed by atoms with E-state index in [0.717, 1.165) is 18.8 Å².